The van der Waals surface area contributed by atoms with Crippen LogP contribution in [0.4, 0.5) is 8.78 Å². The maximum atomic E-state index is 12.4. The molecule has 0 aliphatic heterocycles. The first-order chi connectivity index (χ1) is 7.95. The first-order valence-corrected chi connectivity index (χ1v) is 5.89. The number of hydrogen-bond donors (Lipinski definition) is 1. The van der Waals surface area contributed by atoms with Crippen molar-refractivity contribution in [2.75, 3.05) is 6.61 Å². The predicted molar refractivity (Wildman–Crippen MR) is 65.1 cm³/mol. The lowest BCUT2D eigenvalue weighted by atomic mass is 10.2. The third-order valence-corrected chi connectivity index (χ3v) is 2.93. The summed E-state index contributed by atoms with van der Waals surface area (Å²) in [6.45, 7) is 1.86. The normalized spacial score (nSPS) is 10.6. The highest BCUT2D eigenvalue weighted by Gasteiger charge is 2.16. The lowest BCUT2D eigenvalue weighted by molar-refractivity contribution is -0.142. The van der Waals surface area contributed by atoms with Gasteiger partial charge in [0.15, 0.2) is 0 Å². The molecule has 1 heterocycles. The van der Waals surface area contributed by atoms with Gasteiger partial charge in [-0.15, -0.1) is 0 Å². The van der Waals surface area contributed by atoms with Crippen molar-refractivity contribution in [3.63, 3.8) is 0 Å². The van der Waals surface area contributed by atoms with Crippen molar-refractivity contribution < 1.29 is 18.3 Å². The fraction of sp³-hybridized carbons (Fsp3) is 0.400. The van der Waals surface area contributed by atoms with Crippen molar-refractivity contribution in [1.82, 2.24) is 4.98 Å². The van der Waals surface area contributed by atoms with Gasteiger partial charge in [0.1, 0.15) is 0 Å². The molecule has 1 rings (SSSR count). The van der Waals surface area contributed by atoms with Crippen LogP contribution in [-0.2, 0) is 16.0 Å². The molecule has 0 unspecified atom stereocenters. The number of esters is 1. The van der Waals surface area contributed by atoms with E-state index >= 15 is 0 Å². The van der Waals surface area contributed by atoms with Gasteiger partial charge in [0.25, 0.3) is 12.0 Å². The molecule has 0 saturated carbocycles. The van der Waals surface area contributed by atoms with E-state index in [0.717, 1.165) is 6.07 Å². The van der Waals surface area contributed by atoms with Crippen molar-refractivity contribution >= 4 is 28.6 Å². The van der Waals surface area contributed by atoms with Crippen LogP contribution < -0.4 is 5.56 Å². The highest BCUT2D eigenvalue weighted by molar-refractivity contribution is 14.1. The molecule has 17 heavy (non-hydrogen) atoms. The Hall–Kier alpha value is -0.990. The van der Waals surface area contributed by atoms with E-state index in [4.69, 9.17) is 4.74 Å². The third kappa shape index (κ3) is 3.76. The van der Waals surface area contributed by atoms with Gasteiger partial charge in [0.2, 0.25) is 0 Å². The average Bonchev–Trinajstić information content (AvgIpc) is 2.23. The Kier molecular flexibility index (Phi) is 5.03. The number of nitrogens with one attached hydrogen (secondary N) is 1. The largest absolute Gasteiger partial charge is 0.466 e. The lowest BCUT2D eigenvalue weighted by Crippen LogP contribution is -2.21. The SMILES string of the molecule is CCOC(=O)Cc1c(I)cc(C(F)F)[nH]c1=O. The zero-order valence-electron chi connectivity index (χ0n) is 8.93. The maximum Gasteiger partial charge on any atom is 0.310 e. The van der Waals surface area contributed by atoms with Crippen molar-refractivity contribution in [3.05, 3.63) is 31.2 Å². The molecule has 0 aliphatic carbocycles. The molecule has 4 nitrogen and oxygen atoms in total. The van der Waals surface area contributed by atoms with Crippen LogP contribution in [0.25, 0.3) is 0 Å². The number of ether oxygens (including phenoxy) is 1. The molecule has 0 amide bonds. The summed E-state index contributed by atoms with van der Waals surface area (Å²) >= 11 is 1.75. The van der Waals surface area contributed by atoms with Crippen LogP contribution in [0.3, 0.4) is 0 Å². The van der Waals surface area contributed by atoms with Gasteiger partial charge in [0, 0.05) is 9.13 Å². The quantitative estimate of drug-likeness (QED) is 0.663. The van der Waals surface area contributed by atoms with Crippen molar-refractivity contribution in [3.8, 4) is 0 Å². The lowest BCUT2D eigenvalue weighted by Gasteiger charge is -2.06. The minimum Gasteiger partial charge on any atom is -0.466 e. The molecule has 0 saturated heterocycles. The minimum absolute atomic E-state index is 0.147. The zero-order chi connectivity index (χ0) is 13.0. The summed E-state index contributed by atoms with van der Waals surface area (Å²) in [5.74, 6) is -0.555. The van der Waals surface area contributed by atoms with E-state index in [0.29, 0.717) is 3.57 Å². The van der Waals surface area contributed by atoms with E-state index in [2.05, 4.69) is 0 Å². The second-order valence-corrected chi connectivity index (χ2v) is 4.32. The number of aromatic nitrogens is 1. The van der Waals surface area contributed by atoms with Crippen LogP contribution in [0.2, 0.25) is 0 Å². The summed E-state index contributed by atoms with van der Waals surface area (Å²) in [6.07, 6.45) is -2.96. The monoisotopic (exact) mass is 357 g/mol. The van der Waals surface area contributed by atoms with E-state index in [1.807, 2.05) is 4.98 Å². The van der Waals surface area contributed by atoms with Crippen molar-refractivity contribution in [1.29, 1.82) is 0 Å². The van der Waals surface area contributed by atoms with Crippen LogP contribution in [0.5, 0.6) is 0 Å². The summed E-state index contributed by atoms with van der Waals surface area (Å²) in [6, 6.07) is 1.15. The van der Waals surface area contributed by atoms with E-state index < -0.39 is 23.6 Å². The standard InChI is InChI=1S/C10H10F2INO3/c1-2-17-8(15)3-5-6(13)4-7(9(11)12)14-10(5)16/h4,9H,2-3H2,1H3,(H,14,16). The molecule has 1 aromatic rings. The summed E-state index contributed by atoms with van der Waals surface area (Å²) in [4.78, 5) is 24.8. The van der Waals surface area contributed by atoms with Gasteiger partial charge in [-0.3, -0.25) is 9.59 Å². The van der Waals surface area contributed by atoms with Crippen molar-refractivity contribution in [2.24, 2.45) is 0 Å². The fourth-order valence-corrected chi connectivity index (χ4v) is 1.98. The number of halogens is 3. The van der Waals surface area contributed by atoms with Crippen LogP contribution in [0.1, 0.15) is 24.6 Å². The summed E-state index contributed by atoms with van der Waals surface area (Å²) in [5, 5.41) is 0. The predicted octanol–water partition coefficient (Wildman–Crippen LogP) is 2.02. The van der Waals surface area contributed by atoms with E-state index in [1.165, 1.54) is 0 Å². The summed E-state index contributed by atoms with van der Waals surface area (Å²) < 4.78 is 29.8. The molecule has 0 fully saturated rings. The number of hydrogen-bond acceptors (Lipinski definition) is 3. The van der Waals surface area contributed by atoms with Gasteiger partial charge < -0.3 is 9.72 Å². The first-order valence-electron chi connectivity index (χ1n) is 4.81. The smallest absolute Gasteiger partial charge is 0.310 e. The average molecular weight is 357 g/mol. The third-order valence-electron chi connectivity index (χ3n) is 1.96. The highest BCUT2D eigenvalue weighted by atomic mass is 127. The second-order valence-electron chi connectivity index (χ2n) is 3.16. The fourth-order valence-electron chi connectivity index (χ4n) is 1.21. The highest BCUT2D eigenvalue weighted by Crippen LogP contribution is 2.18. The molecular formula is C10H10F2INO3. The van der Waals surface area contributed by atoms with E-state index in [1.54, 1.807) is 29.5 Å². The molecule has 0 radical (unpaired) electrons. The number of H-pyrrole nitrogens is 1. The van der Waals surface area contributed by atoms with Gasteiger partial charge in [0.05, 0.1) is 18.7 Å². The van der Waals surface area contributed by atoms with Crippen molar-refractivity contribution in [2.45, 2.75) is 19.8 Å². The van der Waals surface area contributed by atoms with Gasteiger partial charge in [-0.1, -0.05) is 0 Å². The Labute approximate surface area is 110 Å². The Bertz CT molecular complexity index is 473. The second kappa shape index (κ2) is 6.08. The maximum absolute atomic E-state index is 12.4. The van der Waals surface area contributed by atoms with Gasteiger partial charge in [-0.25, -0.2) is 8.78 Å². The number of carbonyl (C=O) groups is 1. The molecule has 1 aromatic heterocycles. The molecule has 94 valence electrons. The summed E-state index contributed by atoms with van der Waals surface area (Å²) in [5.41, 5.74) is -0.985. The zero-order valence-corrected chi connectivity index (χ0v) is 11.1. The topological polar surface area (TPSA) is 59.2 Å². The number of pyridine rings is 1. The summed E-state index contributed by atoms with van der Waals surface area (Å²) in [7, 11) is 0. The van der Waals surface area contributed by atoms with Gasteiger partial charge in [-0.05, 0) is 35.6 Å². The Morgan fingerprint density at radius 2 is 2.24 bits per heavy atom. The molecule has 0 aromatic carbocycles. The van der Waals surface area contributed by atoms with Crippen LogP contribution in [0.15, 0.2) is 10.9 Å². The van der Waals surface area contributed by atoms with Crippen LogP contribution >= 0.6 is 22.6 Å². The number of aromatic amines is 1. The first kappa shape index (κ1) is 14.1. The number of carbonyl (C=O) groups excluding carboxylic acids is 1. The van der Waals surface area contributed by atoms with E-state index in [-0.39, 0.29) is 18.6 Å². The Balaban J connectivity index is 3.02. The molecule has 0 bridgehead atoms. The minimum atomic E-state index is -2.74. The van der Waals surface area contributed by atoms with Crippen LogP contribution in [-0.4, -0.2) is 17.6 Å². The molecular weight excluding hydrogens is 347 g/mol. The Morgan fingerprint density at radius 1 is 1.59 bits per heavy atom. The number of alkyl halides is 2. The Morgan fingerprint density at radius 3 is 2.71 bits per heavy atom. The molecule has 0 spiro atoms. The van der Waals surface area contributed by atoms with Gasteiger partial charge >= 0.3 is 5.97 Å². The molecule has 0 atom stereocenters. The molecule has 7 heteroatoms. The molecule has 1 N–H and O–H groups in total. The van der Waals surface area contributed by atoms with Crippen LogP contribution in [0, 0.1) is 3.57 Å². The van der Waals surface area contributed by atoms with E-state index in [9.17, 15) is 18.4 Å². The van der Waals surface area contributed by atoms with Gasteiger partial charge in [-0.2, -0.15) is 0 Å². The molecule has 0 aliphatic rings. The number of rotatable bonds is 4.